The van der Waals surface area contributed by atoms with Crippen LogP contribution in [0.4, 0.5) is 14.5 Å². The van der Waals surface area contributed by atoms with Crippen LogP contribution in [-0.2, 0) is 4.79 Å². The summed E-state index contributed by atoms with van der Waals surface area (Å²) in [7, 11) is 0. The number of rotatable bonds is 5. The number of nitrogens with zero attached hydrogens (tertiary/aromatic N) is 4. The minimum atomic E-state index is -0.706. The fourth-order valence-electron chi connectivity index (χ4n) is 2.57. The zero-order chi connectivity index (χ0) is 19.6. The number of nitrogens with one attached hydrogen (secondary N) is 1. The predicted octanol–water partition coefficient (Wildman–Crippen LogP) is 3.68. The highest BCUT2D eigenvalue weighted by atomic mass is 32.2. The molecule has 140 valence electrons. The van der Waals surface area contributed by atoms with Crippen molar-refractivity contribution < 1.29 is 13.6 Å². The van der Waals surface area contributed by atoms with Crippen molar-refractivity contribution in [1.29, 1.82) is 0 Å². The number of hydrogen-bond acceptors (Lipinski definition) is 5. The van der Waals surface area contributed by atoms with Gasteiger partial charge in [0.1, 0.15) is 11.6 Å². The highest BCUT2D eigenvalue weighted by molar-refractivity contribution is 8.00. The Morgan fingerprint density at radius 1 is 1.19 bits per heavy atom. The number of para-hydroxylation sites is 1. The third-order valence-electron chi connectivity index (χ3n) is 3.93. The summed E-state index contributed by atoms with van der Waals surface area (Å²) in [4.78, 5) is 12.4. The van der Waals surface area contributed by atoms with Gasteiger partial charge in [0.05, 0.1) is 16.6 Å². The summed E-state index contributed by atoms with van der Waals surface area (Å²) in [6.45, 7) is 5.53. The molecule has 0 spiro atoms. The van der Waals surface area contributed by atoms with Gasteiger partial charge in [0, 0.05) is 6.07 Å². The molecule has 1 atom stereocenters. The zero-order valence-electron chi connectivity index (χ0n) is 14.9. The van der Waals surface area contributed by atoms with Crippen LogP contribution in [0.1, 0.15) is 18.1 Å². The lowest BCUT2D eigenvalue weighted by Gasteiger charge is -2.14. The van der Waals surface area contributed by atoms with Gasteiger partial charge in [0.15, 0.2) is 0 Å². The molecule has 1 N–H and O–H groups in total. The second-order valence-corrected chi connectivity index (χ2v) is 7.30. The number of tetrazole rings is 1. The van der Waals surface area contributed by atoms with Gasteiger partial charge in [-0.2, -0.15) is 4.68 Å². The number of aryl methyl sites for hydroxylation is 2. The third kappa shape index (κ3) is 4.13. The molecule has 0 fully saturated rings. The SMILES string of the molecule is Cc1cccc(C)c1-n1nnnc1S[C@H](C)C(=O)Nc1cc(F)ccc1F. The van der Waals surface area contributed by atoms with Crippen LogP contribution in [0.15, 0.2) is 41.6 Å². The van der Waals surface area contributed by atoms with E-state index >= 15 is 0 Å². The van der Waals surface area contributed by atoms with E-state index in [-0.39, 0.29) is 5.69 Å². The summed E-state index contributed by atoms with van der Waals surface area (Å²) < 4.78 is 28.6. The van der Waals surface area contributed by atoms with Gasteiger partial charge in [0.2, 0.25) is 11.1 Å². The normalized spacial score (nSPS) is 12.0. The van der Waals surface area contributed by atoms with Crippen LogP contribution < -0.4 is 5.32 Å². The van der Waals surface area contributed by atoms with Crippen molar-refractivity contribution in [3.8, 4) is 5.69 Å². The number of hydrogen-bond donors (Lipinski definition) is 1. The summed E-state index contributed by atoms with van der Waals surface area (Å²) in [5, 5.41) is 13.9. The first-order valence-electron chi connectivity index (χ1n) is 8.14. The van der Waals surface area contributed by atoms with Crippen LogP contribution in [0, 0.1) is 25.5 Å². The van der Waals surface area contributed by atoms with Crippen molar-refractivity contribution in [3.05, 3.63) is 59.2 Å². The Hall–Kier alpha value is -2.81. The summed E-state index contributed by atoms with van der Waals surface area (Å²) in [6.07, 6.45) is 0. The molecular formula is C18H17F2N5OS. The van der Waals surface area contributed by atoms with E-state index in [1.54, 1.807) is 11.6 Å². The van der Waals surface area contributed by atoms with E-state index in [9.17, 15) is 13.6 Å². The van der Waals surface area contributed by atoms with Gasteiger partial charge in [-0.05, 0) is 54.5 Å². The van der Waals surface area contributed by atoms with Crippen molar-refractivity contribution in [2.45, 2.75) is 31.2 Å². The molecule has 2 aromatic carbocycles. The van der Waals surface area contributed by atoms with Gasteiger partial charge in [-0.1, -0.05) is 30.0 Å². The van der Waals surface area contributed by atoms with Crippen molar-refractivity contribution in [2.24, 2.45) is 0 Å². The van der Waals surface area contributed by atoms with Crippen molar-refractivity contribution in [3.63, 3.8) is 0 Å². The van der Waals surface area contributed by atoms with E-state index in [2.05, 4.69) is 20.8 Å². The molecule has 0 aliphatic heterocycles. The number of carbonyl (C=O) groups excluding carboxylic acids is 1. The molecule has 1 amide bonds. The summed E-state index contributed by atoms with van der Waals surface area (Å²) in [5.41, 5.74) is 2.61. The summed E-state index contributed by atoms with van der Waals surface area (Å²) in [5.74, 6) is -1.83. The lowest BCUT2D eigenvalue weighted by Crippen LogP contribution is -2.23. The number of benzene rings is 2. The summed E-state index contributed by atoms with van der Waals surface area (Å²) >= 11 is 1.13. The Balaban J connectivity index is 1.79. The molecule has 0 aliphatic rings. The minimum absolute atomic E-state index is 0.207. The number of halogens is 2. The van der Waals surface area contributed by atoms with E-state index in [0.717, 1.165) is 46.8 Å². The highest BCUT2D eigenvalue weighted by Gasteiger charge is 2.21. The molecule has 9 heteroatoms. The minimum Gasteiger partial charge on any atom is -0.323 e. The van der Waals surface area contributed by atoms with E-state index < -0.39 is 22.8 Å². The van der Waals surface area contributed by atoms with Gasteiger partial charge in [0.25, 0.3) is 0 Å². The van der Waals surface area contributed by atoms with Crippen molar-refractivity contribution in [2.75, 3.05) is 5.32 Å². The second-order valence-electron chi connectivity index (χ2n) is 5.99. The molecule has 27 heavy (non-hydrogen) atoms. The van der Waals surface area contributed by atoms with Crippen LogP contribution in [0.25, 0.3) is 5.69 Å². The molecule has 3 rings (SSSR count). The topological polar surface area (TPSA) is 72.7 Å². The molecule has 0 unspecified atom stereocenters. The zero-order valence-corrected chi connectivity index (χ0v) is 15.7. The summed E-state index contributed by atoms with van der Waals surface area (Å²) in [6, 6.07) is 8.72. The largest absolute Gasteiger partial charge is 0.323 e. The van der Waals surface area contributed by atoms with E-state index in [4.69, 9.17) is 0 Å². The number of carbonyl (C=O) groups is 1. The Labute approximate surface area is 159 Å². The number of aromatic nitrogens is 4. The quantitative estimate of drug-likeness (QED) is 0.674. The molecule has 3 aromatic rings. The fourth-order valence-corrected chi connectivity index (χ4v) is 3.37. The predicted molar refractivity (Wildman–Crippen MR) is 98.9 cm³/mol. The fraction of sp³-hybridized carbons (Fsp3) is 0.222. The molecule has 0 radical (unpaired) electrons. The van der Waals surface area contributed by atoms with Crippen LogP contribution in [0.5, 0.6) is 0 Å². The number of thioether (sulfide) groups is 1. The Morgan fingerprint density at radius 2 is 1.89 bits per heavy atom. The van der Waals surface area contributed by atoms with E-state index in [1.165, 1.54) is 0 Å². The molecule has 6 nitrogen and oxygen atoms in total. The Morgan fingerprint density at radius 3 is 2.59 bits per heavy atom. The lowest BCUT2D eigenvalue weighted by molar-refractivity contribution is -0.115. The van der Waals surface area contributed by atoms with E-state index in [0.29, 0.717) is 5.16 Å². The average Bonchev–Trinajstić information content (AvgIpc) is 3.05. The van der Waals surface area contributed by atoms with Gasteiger partial charge in [-0.3, -0.25) is 4.79 Å². The maximum absolute atomic E-state index is 13.7. The first-order valence-corrected chi connectivity index (χ1v) is 9.02. The molecule has 0 bridgehead atoms. The molecule has 0 aliphatic carbocycles. The Kier molecular flexibility index (Phi) is 5.50. The average molecular weight is 389 g/mol. The van der Waals surface area contributed by atoms with Crippen LogP contribution in [-0.4, -0.2) is 31.4 Å². The molecule has 0 saturated heterocycles. The van der Waals surface area contributed by atoms with Gasteiger partial charge in [-0.25, -0.2) is 8.78 Å². The van der Waals surface area contributed by atoms with E-state index in [1.807, 2.05) is 32.0 Å². The van der Waals surface area contributed by atoms with Crippen LogP contribution >= 0.6 is 11.8 Å². The van der Waals surface area contributed by atoms with Crippen LogP contribution in [0.2, 0.25) is 0 Å². The second kappa shape index (κ2) is 7.83. The van der Waals surface area contributed by atoms with Gasteiger partial charge >= 0.3 is 0 Å². The lowest BCUT2D eigenvalue weighted by atomic mass is 10.1. The first-order chi connectivity index (χ1) is 12.9. The third-order valence-corrected chi connectivity index (χ3v) is 4.96. The van der Waals surface area contributed by atoms with Gasteiger partial charge < -0.3 is 5.32 Å². The van der Waals surface area contributed by atoms with Gasteiger partial charge in [-0.15, -0.1) is 5.10 Å². The maximum Gasteiger partial charge on any atom is 0.237 e. The monoisotopic (exact) mass is 389 g/mol. The standard InChI is InChI=1S/C18H17F2N5OS/c1-10-5-4-6-11(2)16(10)25-18(22-23-24-25)27-12(3)17(26)21-15-9-13(19)7-8-14(15)20/h4-9,12H,1-3H3,(H,21,26)/t12-/m1/s1. The number of anilines is 1. The highest BCUT2D eigenvalue weighted by Crippen LogP contribution is 2.27. The number of amides is 1. The molecule has 1 heterocycles. The van der Waals surface area contributed by atoms with Crippen molar-refractivity contribution >= 4 is 23.4 Å². The maximum atomic E-state index is 13.7. The smallest absolute Gasteiger partial charge is 0.237 e. The molecular weight excluding hydrogens is 372 g/mol. The molecule has 1 aromatic heterocycles. The first kappa shape index (κ1) is 19.0. The van der Waals surface area contributed by atoms with Crippen molar-refractivity contribution in [1.82, 2.24) is 20.2 Å². The Bertz CT molecular complexity index is 971. The molecule has 0 saturated carbocycles. The van der Waals surface area contributed by atoms with Crippen LogP contribution in [0.3, 0.4) is 0 Å².